The van der Waals surface area contributed by atoms with Gasteiger partial charge in [-0.05, 0) is 11.3 Å². The van der Waals surface area contributed by atoms with Crippen LogP contribution in [0.4, 0.5) is 5.69 Å². The molecule has 1 aromatic carbocycles. The zero-order chi connectivity index (χ0) is 14.7. The fourth-order valence-corrected chi connectivity index (χ4v) is 1.96. The number of tetrazole rings is 1. The summed E-state index contributed by atoms with van der Waals surface area (Å²) in [6, 6.07) is 12.6. The molecule has 2 aromatic heterocycles. The van der Waals surface area contributed by atoms with E-state index in [2.05, 4.69) is 15.4 Å². The van der Waals surface area contributed by atoms with E-state index in [9.17, 15) is 4.79 Å². The lowest BCUT2D eigenvalue weighted by Crippen LogP contribution is -2.22. The van der Waals surface area contributed by atoms with Crippen LogP contribution in [0.25, 0.3) is 11.4 Å². The Labute approximate surface area is 120 Å². The molecule has 2 N–H and O–H groups in total. The molecule has 0 spiro atoms. The summed E-state index contributed by atoms with van der Waals surface area (Å²) in [5, 5.41) is 12.3. The number of hydrogen-bond acceptors (Lipinski definition) is 5. The number of hydrogen-bond donors (Lipinski definition) is 1. The largest absolute Gasteiger partial charge is 0.398 e. The van der Waals surface area contributed by atoms with E-state index in [1.54, 1.807) is 12.3 Å². The van der Waals surface area contributed by atoms with Crippen molar-refractivity contribution >= 4 is 5.69 Å². The molecule has 0 saturated carbocycles. The minimum absolute atomic E-state index is 0.104. The lowest BCUT2D eigenvalue weighted by atomic mass is 10.2. The van der Waals surface area contributed by atoms with E-state index in [0.29, 0.717) is 24.6 Å². The Morgan fingerprint density at radius 1 is 1.05 bits per heavy atom. The Morgan fingerprint density at radius 2 is 1.86 bits per heavy atom. The van der Waals surface area contributed by atoms with Crippen molar-refractivity contribution in [3.63, 3.8) is 0 Å². The smallest absolute Gasteiger partial charge is 0.250 e. The van der Waals surface area contributed by atoms with Crippen molar-refractivity contribution in [2.45, 2.75) is 13.1 Å². The summed E-state index contributed by atoms with van der Waals surface area (Å²) in [6.07, 6.45) is 1.61. The fraction of sp³-hybridized carbons (Fsp3) is 0.143. The van der Waals surface area contributed by atoms with Gasteiger partial charge in [-0.3, -0.25) is 4.79 Å². The molecule has 0 saturated heterocycles. The molecular formula is C14H14N6O. The molecule has 0 aliphatic carbocycles. The molecule has 7 nitrogen and oxygen atoms in total. The van der Waals surface area contributed by atoms with Crippen molar-refractivity contribution < 1.29 is 0 Å². The molecule has 3 rings (SSSR count). The van der Waals surface area contributed by atoms with Crippen molar-refractivity contribution in [1.29, 1.82) is 0 Å². The van der Waals surface area contributed by atoms with Crippen molar-refractivity contribution in [1.82, 2.24) is 24.8 Å². The molecule has 0 bridgehead atoms. The summed E-state index contributed by atoms with van der Waals surface area (Å²) < 4.78 is 1.53. The summed E-state index contributed by atoms with van der Waals surface area (Å²) in [5.74, 6) is 0.565. The van der Waals surface area contributed by atoms with Crippen LogP contribution in [0.1, 0.15) is 0 Å². The van der Waals surface area contributed by atoms with Gasteiger partial charge in [-0.15, -0.1) is 10.2 Å². The summed E-state index contributed by atoms with van der Waals surface area (Å²) >= 11 is 0. The zero-order valence-electron chi connectivity index (χ0n) is 11.3. The number of nitrogens with zero attached hydrogens (tertiary/aromatic N) is 5. The Hall–Kier alpha value is -2.96. The van der Waals surface area contributed by atoms with Crippen LogP contribution in [0.2, 0.25) is 0 Å². The number of aromatic nitrogens is 5. The van der Waals surface area contributed by atoms with Crippen LogP contribution in [0.3, 0.4) is 0 Å². The maximum absolute atomic E-state index is 11.7. The van der Waals surface area contributed by atoms with Gasteiger partial charge in [-0.25, -0.2) is 0 Å². The van der Waals surface area contributed by atoms with Gasteiger partial charge in [0, 0.05) is 30.1 Å². The van der Waals surface area contributed by atoms with Gasteiger partial charge in [0.15, 0.2) is 0 Å². The third-order valence-corrected chi connectivity index (χ3v) is 3.03. The third kappa shape index (κ3) is 2.97. The molecule has 106 valence electrons. The number of nitrogens with two attached hydrogens (primary N) is 1. The van der Waals surface area contributed by atoms with Gasteiger partial charge in [-0.2, -0.15) is 4.80 Å². The number of rotatable bonds is 4. The van der Waals surface area contributed by atoms with E-state index in [4.69, 9.17) is 5.73 Å². The average molecular weight is 282 g/mol. The average Bonchev–Trinajstić information content (AvgIpc) is 2.98. The molecule has 0 aliphatic heterocycles. The Bertz CT molecular complexity index is 792. The van der Waals surface area contributed by atoms with Crippen molar-refractivity contribution in [3.05, 3.63) is 59.0 Å². The first-order valence-electron chi connectivity index (χ1n) is 6.51. The second-order valence-corrected chi connectivity index (χ2v) is 4.57. The van der Waals surface area contributed by atoms with E-state index in [1.165, 1.54) is 15.4 Å². The molecule has 0 aliphatic rings. The Kier molecular flexibility index (Phi) is 3.46. The zero-order valence-corrected chi connectivity index (χ0v) is 11.3. The van der Waals surface area contributed by atoms with Gasteiger partial charge < -0.3 is 10.3 Å². The van der Waals surface area contributed by atoms with Crippen LogP contribution < -0.4 is 11.3 Å². The number of benzene rings is 1. The van der Waals surface area contributed by atoms with Crippen LogP contribution in [-0.2, 0) is 13.1 Å². The lowest BCUT2D eigenvalue weighted by molar-refractivity contribution is 0.465. The van der Waals surface area contributed by atoms with Crippen LogP contribution in [-0.4, -0.2) is 24.8 Å². The number of pyridine rings is 1. The van der Waals surface area contributed by atoms with Gasteiger partial charge in [0.1, 0.15) is 0 Å². The summed E-state index contributed by atoms with van der Waals surface area (Å²) in [6.45, 7) is 0.887. The van der Waals surface area contributed by atoms with Gasteiger partial charge in [0.05, 0.1) is 6.54 Å². The fourth-order valence-electron chi connectivity index (χ4n) is 1.96. The van der Waals surface area contributed by atoms with E-state index < -0.39 is 0 Å². The second kappa shape index (κ2) is 5.58. The molecule has 0 amide bonds. The number of nitrogen functional groups attached to an aromatic ring is 1. The van der Waals surface area contributed by atoms with Crippen LogP contribution in [0, 0.1) is 0 Å². The predicted octanol–water partition coefficient (Wildman–Crippen LogP) is 0.784. The van der Waals surface area contributed by atoms with E-state index in [-0.39, 0.29) is 5.56 Å². The van der Waals surface area contributed by atoms with Gasteiger partial charge in [0.2, 0.25) is 5.82 Å². The van der Waals surface area contributed by atoms with Crippen molar-refractivity contribution in [3.8, 4) is 11.4 Å². The topological polar surface area (TPSA) is 91.6 Å². The van der Waals surface area contributed by atoms with E-state index in [1.807, 2.05) is 30.3 Å². The SMILES string of the molecule is Nc1ccc(=O)n(CCn2nnc(-c3ccccc3)n2)c1. The normalized spacial score (nSPS) is 10.7. The first-order chi connectivity index (χ1) is 10.2. The molecule has 2 heterocycles. The molecule has 0 fully saturated rings. The Morgan fingerprint density at radius 3 is 2.67 bits per heavy atom. The van der Waals surface area contributed by atoms with Crippen molar-refractivity contribution in [2.24, 2.45) is 0 Å². The minimum Gasteiger partial charge on any atom is -0.398 e. The predicted molar refractivity (Wildman–Crippen MR) is 78.4 cm³/mol. The standard InChI is InChI=1S/C14H14N6O/c15-12-6-7-13(21)19(10-12)8-9-20-17-14(16-18-20)11-4-2-1-3-5-11/h1-7,10H,8-9,15H2. The van der Waals surface area contributed by atoms with Gasteiger partial charge in [0.25, 0.3) is 5.56 Å². The summed E-state index contributed by atoms with van der Waals surface area (Å²) in [5.41, 5.74) is 7.02. The molecule has 21 heavy (non-hydrogen) atoms. The molecule has 3 aromatic rings. The van der Waals surface area contributed by atoms with Crippen LogP contribution >= 0.6 is 0 Å². The highest BCUT2D eigenvalue weighted by Crippen LogP contribution is 2.11. The molecular weight excluding hydrogens is 268 g/mol. The molecule has 7 heteroatoms. The van der Waals surface area contributed by atoms with Crippen molar-refractivity contribution in [2.75, 3.05) is 5.73 Å². The summed E-state index contributed by atoms with van der Waals surface area (Å²) in [7, 11) is 0. The highest BCUT2D eigenvalue weighted by Gasteiger charge is 2.05. The number of anilines is 1. The molecule has 0 radical (unpaired) electrons. The highest BCUT2D eigenvalue weighted by molar-refractivity contribution is 5.52. The third-order valence-electron chi connectivity index (χ3n) is 3.03. The number of aryl methyl sites for hydroxylation is 2. The van der Waals surface area contributed by atoms with Gasteiger partial charge in [-0.1, -0.05) is 30.3 Å². The molecule has 0 atom stereocenters. The lowest BCUT2D eigenvalue weighted by Gasteiger charge is -2.04. The van der Waals surface area contributed by atoms with Gasteiger partial charge >= 0.3 is 0 Å². The first kappa shape index (κ1) is 13.0. The van der Waals surface area contributed by atoms with Crippen LogP contribution in [0.15, 0.2) is 53.5 Å². The van der Waals surface area contributed by atoms with E-state index in [0.717, 1.165) is 5.56 Å². The second-order valence-electron chi connectivity index (χ2n) is 4.57. The highest BCUT2D eigenvalue weighted by atomic mass is 16.1. The quantitative estimate of drug-likeness (QED) is 0.763. The monoisotopic (exact) mass is 282 g/mol. The minimum atomic E-state index is -0.104. The van der Waals surface area contributed by atoms with E-state index >= 15 is 0 Å². The summed E-state index contributed by atoms with van der Waals surface area (Å²) in [4.78, 5) is 13.1. The Balaban J connectivity index is 1.73. The molecule has 0 unspecified atom stereocenters. The maximum atomic E-state index is 11.7. The first-order valence-corrected chi connectivity index (χ1v) is 6.51. The van der Waals surface area contributed by atoms with Crippen LogP contribution in [0.5, 0.6) is 0 Å². The maximum Gasteiger partial charge on any atom is 0.250 e.